The second-order valence-electron chi connectivity index (χ2n) is 7.64. The summed E-state index contributed by atoms with van der Waals surface area (Å²) >= 11 is 1.43. The average molecular weight is 378 g/mol. The second-order valence-corrected chi connectivity index (χ2v) is 8.95. The Labute approximate surface area is 158 Å². The maximum Gasteiger partial charge on any atom is 0.233 e. The largest absolute Gasteiger partial charge is 0.467 e. The van der Waals surface area contributed by atoms with E-state index in [0.29, 0.717) is 6.54 Å². The molecule has 1 saturated heterocycles. The Hall–Kier alpha value is -1.96. The molecule has 1 unspecified atom stereocenters. The first-order chi connectivity index (χ1) is 12.3. The van der Waals surface area contributed by atoms with Crippen molar-refractivity contribution in [1.29, 1.82) is 0 Å². The number of aromatic nitrogens is 3. The number of amides is 1. The molecule has 1 aliphatic rings. The smallest absolute Gasteiger partial charge is 0.233 e. The van der Waals surface area contributed by atoms with Crippen molar-refractivity contribution in [1.82, 2.24) is 20.1 Å². The van der Waals surface area contributed by atoms with Crippen molar-refractivity contribution in [3.8, 4) is 0 Å². The molecule has 8 heteroatoms. The summed E-state index contributed by atoms with van der Waals surface area (Å²) in [5, 5.41) is 12.3. The van der Waals surface area contributed by atoms with Gasteiger partial charge in [-0.05, 0) is 52.7 Å². The van der Waals surface area contributed by atoms with Crippen molar-refractivity contribution in [2.75, 3.05) is 18.0 Å². The van der Waals surface area contributed by atoms with Crippen LogP contribution in [0.3, 0.4) is 0 Å². The molecule has 1 amide bonds. The lowest BCUT2D eigenvalue weighted by Crippen LogP contribution is -2.44. The maximum atomic E-state index is 12.4. The van der Waals surface area contributed by atoms with E-state index in [0.717, 1.165) is 30.0 Å². The third-order valence-electron chi connectivity index (χ3n) is 4.13. The van der Waals surface area contributed by atoms with Gasteiger partial charge in [0.2, 0.25) is 11.9 Å². The van der Waals surface area contributed by atoms with Gasteiger partial charge in [0.1, 0.15) is 5.76 Å². The summed E-state index contributed by atoms with van der Waals surface area (Å²) in [5.74, 6) is 1.70. The highest BCUT2D eigenvalue weighted by atomic mass is 32.2. The van der Waals surface area contributed by atoms with Crippen LogP contribution in [0.25, 0.3) is 0 Å². The molecular formula is C18H27N5O2S. The fraction of sp³-hybridized carbons (Fsp3) is 0.611. The van der Waals surface area contributed by atoms with E-state index >= 15 is 0 Å². The Morgan fingerprint density at radius 3 is 2.69 bits per heavy atom. The fourth-order valence-electron chi connectivity index (χ4n) is 2.90. The zero-order chi connectivity index (χ0) is 18.7. The Morgan fingerprint density at radius 2 is 2.08 bits per heavy atom. The Kier molecular flexibility index (Phi) is 5.60. The molecule has 1 atom stereocenters. The summed E-state index contributed by atoms with van der Waals surface area (Å²) in [6.07, 6.45) is 4.00. The van der Waals surface area contributed by atoms with Gasteiger partial charge in [0, 0.05) is 18.6 Å². The van der Waals surface area contributed by atoms with Gasteiger partial charge in [-0.2, -0.15) is 0 Å². The quantitative estimate of drug-likeness (QED) is 0.780. The molecular weight excluding hydrogens is 350 g/mol. The lowest BCUT2D eigenvalue weighted by molar-refractivity contribution is -0.121. The zero-order valence-corrected chi connectivity index (χ0v) is 16.7. The predicted molar refractivity (Wildman–Crippen MR) is 102 cm³/mol. The van der Waals surface area contributed by atoms with Crippen LogP contribution >= 0.6 is 11.8 Å². The van der Waals surface area contributed by atoms with E-state index in [9.17, 15) is 4.79 Å². The Morgan fingerprint density at radius 1 is 1.35 bits per heavy atom. The van der Waals surface area contributed by atoms with Crippen LogP contribution in [0.4, 0.5) is 5.95 Å². The predicted octanol–water partition coefficient (Wildman–Crippen LogP) is 2.91. The molecule has 0 saturated carbocycles. The summed E-state index contributed by atoms with van der Waals surface area (Å²) in [4.78, 5) is 14.7. The van der Waals surface area contributed by atoms with Crippen LogP contribution in [0.15, 0.2) is 28.0 Å². The molecule has 3 heterocycles. The number of furan rings is 1. The van der Waals surface area contributed by atoms with Crippen LogP contribution in [-0.4, -0.2) is 44.6 Å². The number of hydrogen-bond donors (Lipinski definition) is 1. The first-order valence-corrected chi connectivity index (χ1v) is 9.91. The van der Waals surface area contributed by atoms with Crippen LogP contribution in [0.5, 0.6) is 0 Å². The standard InChI is InChI=1S/C18H27N5O2S/c1-13(15(24)19-18(2,3)4)26-17-21-20-16(22-9-5-6-10-22)23(17)12-14-8-7-11-25-14/h7-8,11,13H,5-6,9-10,12H2,1-4H3,(H,19,24). The highest BCUT2D eigenvalue weighted by Gasteiger charge is 2.26. The summed E-state index contributed by atoms with van der Waals surface area (Å²) in [7, 11) is 0. The van der Waals surface area contributed by atoms with E-state index in [4.69, 9.17) is 4.42 Å². The number of carbonyl (C=O) groups is 1. The van der Waals surface area contributed by atoms with Crippen LogP contribution in [0, 0.1) is 0 Å². The van der Waals surface area contributed by atoms with Gasteiger partial charge in [0.15, 0.2) is 5.16 Å². The Bertz CT molecular complexity index is 729. The SMILES string of the molecule is CC(Sc1nnc(N2CCCC2)n1Cc1ccco1)C(=O)NC(C)(C)C. The van der Waals surface area contributed by atoms with Crippen molar-refractivity contribution in [2.45, 2.75) is 63.0 Å². The topological polar surface area (TPSA) is 76.2 Å². The molecule has 1 aliphatic heterocycles. The molecule has 2 aromatic heterocycles. The molecule has 7 nitrogen and oxygen atoms in total. The number of thioether (sulfide) groups is 1. The molecule has 0 bridgehead atoms. The molecule has 0 radical (unpaired) electrons. The van der Waals surface area contributed by atoms with Gasteiger partial charge in [0.05, 0.1) is 18.1 Å². The van der Waals surface area contributed by atoms with Crippen LogP contribution in [-0.2, 0) is 11.3 Å². The van der Waals surface area contributed by atoms with Gasteiger partial charge in [-0.3, -0.25) is 9.36 Å². The number of nitrogens with zero attached hydrogens (tertiary/aromatic N) is 4. The fourth-order valence-corrected chi connectivity index (χ4v) is 3.74. The summed E-state index contributed by atoms with van der Waals surface area (Å²) in [5.41, 5.74) is -0.256. The normalized spacial score (nSPS) is 16.1. The van der Waals surface area contributed by atoms with Gasteiger partial charge in [-0.25, -0.2) is 0 Å². The molecule has 0 aliphatic carbocycles. The van der Waals surface area contributed by atoms with Gasteiger partial charge in [0.25, 0.3) is 0 Å². The van der Waals surface area contributed by atoms with Gasteiger partial charge in [-0.1, -0.05) is 11.8 Å². The van der Waals surface area contributed by atoms with Crippen LogP contribution in [0.1, 0.15) is 46.3 Å². The summed E-state index contributed by atoms with van der Waals surface area (Å²) in [6, 6.07) is 3.82. The number of hydrogen-bond acceptors (Lipinski definition) is 6. The van der Waals surface area contributed by atoms with E-state index in [1.165, 1.54) is 24.6 Å². The average Bonchev–Trinajstić information content (AvgIpc) is 3.28. The van der Waals surface area contributed by atoms with E-state index in [1.54, 1.807) is 6.26 Å². The highest BCUT2D eigenvalue weighted by Crippen LogP contribution is 2.28. The monoisotopic (exact) mass is 377 g/mol. The molecule has 142 valence electrons. The minimum atomic E-state index is -0.264. The van der Waals surface area contributed by atoms with Crippen molar-refractivity contribution in [2.24, 2.45) is 0 Å². The molecule has 3 rings (SSSR count). The molecule has 1 N–H and O–H groups in total. The van der Waals surface area contributed by atoms with Crippen molar-refractivity contribution in [3.63, 3.8) is 0 Å². The number of carbonyl (C=O) groups excluding carboxylic acids is 1. The van der Waals surface area contributed by atoms with E-state index in [1.807, 2.05) is 39.8 Å². The van der Waals surface area contributed by atoms with Crippen molar-refractivity contribution < 1.29 is 9.21 Å². The maximum absolute atomic E-state index is 12.4. The van der Waals surface area contributed by atoms with Crippen molar-refractivity contribution >= 4 is 23.6 Å². The van der Waals surface area contributed by atoms with E-state index in [2.05, 4.69) is 25.0 Å². The number of rotatable bonds is 6. The lowest BCUT2D eigenvalue weighted by Gasteiger charge is -2.23. The first-order valence-electron chi connectivity index (χ1n) is 9.03. The van der Waals surface area contributed by atoms with Crippen molar-refractivity contribution in [3.05, 3.63) is 24.2 Å². The minimum Gasteiger partial charge on any atom is -0.467 e. The molecule has 0 spiro atoms. The van der Waals surface area contributed by atoms with Crippen LogP contribution in [0.2, 0.25) is 0 Å². The summed E-state index contributed by atoms with van der Waals surface area (Å²) < 4.78 is 7.57. The Balaban J connectivity index is 1.80. The third-order valence-corrected chi connectivity index (χ3v) is 5.21. The molecule has 0 aromatic carbocycles. The number of nitrogens with one attached hydrogen (secondary N) is 1. The van der Waals surface area contributed by atoms with E-state index < -0.39 is 0 Å². The summed E-state index contributed by atoms with van der Waals surface area (Å²) in [6.45, 7) is 10.4. The van der Waals surface area contributed by atoms with E-state index in [-0.39, 0.29) is 16.7 Å². The highest BCUT2D eigenvalue weighted by molar-refractivity contribution is 8.00. The van der Waals surface area contributed by atoms with Gasteiger partial charge < -0.3 is 14.6 Å². The third kappa shape index (κ3) is 4.60. The lowest BCUT2D eigenvalue weighted by atomic mass is 10.1. The molecule has 26 heavy (non-hydrogen) atoms. The first kappa shape index (κ1) is 18.8. The minimum absolute atomic E-state index is 0.00206. The van der Waals surface area contributed by atoms with Gasteiger partial charge in [-0.15, -0.1) is 10.2 Å². The molecule has 1 fully saturated rings. The zero-order valence-electron chi connectivity index (χ0n) is 15.9. The second kappa shape index (κ2) is 7.73. The van der Waals surface area contributed by atoms with Gasteiger partial charge >= 0.3 is 0 Å². The molecule has 2 aromatic rings. The van der Waals surface area contributed by atoms with Crippen LogP contribution < -0.4 is 10.2 Å². The number of anilines is 1.